The maximum atomic E-state index is 11.6. The Morgan fingerprint density at radius 1 is 1.53 bits per heavy atom. The van der Waals surface area contributed by atoms with Crippen LogP contribution in [0.15, 0.2) is 18.2 Å². The van der Waals surface area contributed by atoms with Gasteiger partial charge in [-0.25, -0.2) is 0 Å². The Balaban J connectivity index is 2.12. The maximum Gasteiger partial charge on any atom is 0.251 e. The molecule has 1 heterocycles. The van der Waals surface area contributed by atoms with Gasteiger partial charge in [-0.3, -0.25) is 4.79 Å². The average molecular weight is 205 g/mol. The molecule has 0 unspecified atom stereocenters. The second kappa shape index (κ2) is 4.31. The topological polar surface area (TPSA) is 67.1 Å². The maximum absolute atomic E-state index is 11.6. The van der Waals surface area contributed by atoms with E-state index in [1.807, 2.05) is 18.2 Å². The van der Waals surface area contributed by atoms with Crippen LogP contribution in [0.3, 0.4) is 0 Å². The van der Waals surface area contributed by atoms with Crippen molar-refractivity contribution in [2.75, 3.05) is 25.0 Å². The first-order chi connectivity index (χ1) is 7.31. The molecule has 15 heavy (non-hydrogen) atoms. The molecule has 4 N–H and O–H groups in total. The number of amides is 1. The Morgan fingerprint density at radius 3 is 3.20 bits per heavy atom. The van der Waals surface area contributed by atoms with Gasteiger partial charge in [0.15, 0.2) is 0 Å². The number of hydrogen-bond donors (Lipinski definition) is 3. The zero-order valence-electron chi connectivity index (χ0n) is 8.55. The van der Waals surface area contributed by atoms with Crippen LogP contribution >= 0.6 is 0 Å². The smallest absolute Gasteiger partial charge is 0.251 e. The monoisotopic (exact) mass is 205 g/mol. The lowest BCUT2D eigenvalue weighted by Gasteiger charge is -2.05. The summed E-state index contributed by atoms with van der Waals surface area (Å²) in [4.78, 5) is 11.6. The Kier molecular flexibility index (Phi) is 2.87. The van der Waals surface area contributed by atoms with Gasteiger partial charge in [0.1, 0.15) is 0 Å². The summed E-state index contributed by atoms with van der Waals surface area (Å²) in [6.07, 6.45) is 1.04. The largest absolute Gasteiger partial charge is 0.384 e. The molecule has 0 saturated heterocycles. The van der Waals surface area contributed by atoms with Crippen LogP contribution in [0.2, 0.25) is 0 Å². The van der Waals surface area contributed by atoms with E-state index >= 15 is 0 Å². The van der Waals surface area contributed by atoms with E-state index < -0.39 is 0 Å². The minimum atomic E-state index is -0.0584. The Bertz CT molecular complexity index is 376. The lowest BCUT2D eigenvalue weighted by Crippen LogP contribution is -2.28. The van der Waals surface area contributed by atoms with E-state index in [1.54, 1.807) is 0 Å². The molecule has 0 bridgehead atoms. The molecule has 1 aliphatic rings. The van der Waals surface area contributed by atoms with Crippen LogP contribution in [-0.2, 0) is 6.42 Å². The quantitative estimate of drug-likeness (QED) is 0.666. The zero-order chi connectivity index (χ0) is 10.7. The van der Waals surface area contributed by atoms with Crippen LogP contribution in [0.5, 0.6) is 0 Å². The summed E-state index contributed by atoms with van der Waals surface area (Å²) in [6, 6.07) is 5.76. The number of nitrogens with two attached hydrogens (primary N) is 1. The predicted octanol–water partition coefficient (Wildman–Crippen LogP) is 0.343. The Morgan fingerprint density at radius 2 is 2.40 bits per heavy atom. The van der Waals surface area contributed by atoms with Gasteiger partial charge < -0.3 is 16.4 Å². The number of anilines is 1. The number of carbonyl (C=O) groups is 1. The molecule has 0 atom stereocenters. The lowest BCUT2D eigenvalue weighted by atomic mass is 10.1. The van der Waals surface area contributed by atoms with E-state index in [-0.39, 0.29) is 5.91 Å². The van der Waals surface area contributed by atoms with Crippen LogP contribution < -0.4 is 16.4 Å². The highest BCUT2D eigenvalue weighted by atomic mass is 16.1. The van der Waals surface area contributed by atoms with Gasteiger partial charge in [0.05, 0.1) is 0 Å². The normalized spacial score (nSPS) is 13.1. The first-order valence-corrected chi connectivity index (χ1v) is 5.16. The van der Waals surface area contributed by atoms with Crippen LogP contribution in [0.25, 0.3) is 0 Å². The molecule has 0 aromatic heterocycles. The fourth-order valence-electron chi connectivity index (χ4n) is 1.72. The first kappa shape index (κ1) is 9.98. The molecule has 2 rings (SSSR count). The van der Waals surface area contributed by atoms with Crippen molar-refractivity contribution in [2.24, 2.45) is 5.73 Å². The third kappa shape index (κ3) is 2.10. The van der Waals surface area contributed by atoms with Crippen molar-refractivity contribution in [3.8, 4) is 0 Å². The number of carbonyl (C=O) groups excluding carboxylic acids is 1. The van der Waals surface area contributed by atoms with Crippen LogP contribution in [0.4, 0.5) is 5.69 Å². The van der Waals surface area contributed by atoms with Gasteiger partial charge >= 0.3 is 0 Å². The Hall–Kier alpha value is -1.55. The minimum absolute atomic E-state index is 0.0584. The molecule has 0 fully saturated rings. The Labute approximate surface area is 88.9 Å². The van der Waals surface area contributed by atoms with Crippen LogP contribution in [0.1, 0.15) is 15.9 Å². The molecule has 0 aliphatic carbocycles. The fraction of sp³-hybridized carbons (Fsp3) is 0.364. The highest BCUT2D eigenvalue weighted by molar-refractivity contribution is 5.95. The molecule has 0 spiro atoms. The van der Waals surface area contributed by atoms with Crippen LogP contribution in [-0.4, -0.2) is 25.5 Å². The molecular formula is C11H15N3O. The molecule has 4 nitrogen and oxygen atoms in total. The molecule has 1 aliphatic heterocycles. The van der Waals surface area contributed by atoms with Gasteiger partial charge in [-0.05, 0) is 24.1 Å². The zero-order valence-corrected chi connectivity index (χ0v) is 8.55. The molecule has 0 radical (unpaired) electrons. The van der Waals surface area contributed by atoms with Crippen molar-refractivity contribution in [1.82, 2.24) is 5.32 Å². The van der Waals surface area contributed by atoms with Gasteiger partial charge in [0.2, 0.25) is 0 Å². The molecular weight excluding hydrogens is 190 g/mol. The molecule has 1 aromatic carbocycles. The molecule has 4 heteroatoms. The van der Waals surface area contributed by atoms with E-state index in [4.69, 9.17) is 5.73 Å². The van der Waals surface area contributed by atoms with E-state index in [9.17, 15) is 4.79 Å². The van der Waals surface area contributed by atoms with Crippen molar-refractivity contribution >= 4 is 11.6 Å². The van der Waals surface area contributed by atoms with E-state index in [1.165, 1.54) is 5.56 Å². The third-order valence-electron chi connectivity index (χ3n) is 2.51. The molecule has 1 aromatic rings. The van der Waals surface area contributed by atoms with E-state index in [2.05, 4.69) is 10.6 Å². The summed E-state index contributed by atoms with van der Waals surface area (Å²) in [5, 5.41) is 5.99. The van der Waals surface area contributed by atoms with Crippen molar-refractivity contribution in [3.63, 3.8) is 0 Å². The number of fused-ring (bicyclic) bond motifs is 1. The van der Waals surface area contributed by atoms with Gasteiger partial charge in [-0.2, -0.15) is 0 Å². The third-order valence-corrected chi connectivity index (χ3v) is 2.51. The van der Waals surface area contributed by atoms with Crippen molar-refractivity contribution in [3.05, 3.63) is 29.3 Å². The summed E-state index contributed by atoms with van der Waals surface area (Å²) < 4.78 is 0. The van der Waals surface area contributed by atoms with Crippen molar-refractivity contribution in [2.45, 2.75) is 6.42 Å². The summed E-state index contributed by atoms with van der Waals surface area (Å²) >= 11 is 0. The van der Waals surface area contributed by atoms with Gasteiger partial charge in [0, 0.05) is 30.9 Å². The van der Waals surface area contributed by atoms with Crippen molar-refractivity contribution in [1.29, 1.82) is 0 Å². The molecule has 80 valence electrons. The predicted molar refractivity (Wildman–Crippen MR) is 60.0 cm³/mol. The minimum Gasteiger partial charge on any atom is -0.384 e. The second-order valence-corrected chi connectivity index (χ2v) is 3.59. The van der Waals surface area contributed by atoms with Gasteiger partial charge in [-0.15, -0.1) is 0 Å². The summed E-state index contributed by atoms with van der Waals surface area (Å²) in [7, 11) is 0. The van der Waals surface area contributed by atoms with Crippen molar-refractivity contribution < 1.29 is 4.79 Å². The van der Waals surface area contributed by atoms with Gasteiger partial charge in [0.25, 0.3) is 5.91 Å². The summed E-state index contributed by atoms with van der Waals surface area (Å²) in [5.74, 6) is -0.0584. The summed E-state index contributed by atoms with van der Waals surface area (Å²) in [6.45, 7) is 1.95. The van der Waals surface area contributed by atoms with Crippen LogP contribution in [0, 0.1) is 0 Å². The second-order valence-electron chi connectivity index (χ2n) is 3.59. The number of nitrogens with one attached hydrogen (secondary N) is 2. The number of benzene rings is 1. The number of hydrogen-bond acceptors (Lipinski definition) is 3. The SMILES string of the molecule is NCCNC(=O)c1ccc2c(c1)NCC2. The highest BCUT2D eigenvalue weighted by Gasteiger charge is 2.12. The van der Waals surface area contributed by atoms with E-state index in [0.29, 0.717) is 18.7 Å². The first-order valence-electron chi connectivity index (χ1n) is 5.16. The summed E-state index contributed by atoms with van der Waals surface area (Å²) in [5.41, 5.74) is 8.37. The lowest BCUT2D eigenvalue weighted by molar-refractivity contribution is 0.0955. The number of rotatable bonds is 3. The average Bonchev–Trinajstić information content (AvgIpc) is 2.72. The van der Waals surface area contributed by atoms with E-state index in [0.717, 1.165) is 18.7 Å². The molecule has 0 saturated carbocycles. The standard InChI is InChI=1S/C11H15N3O/c12-4-6-14-11(15)9-2-1-8-3-5-13-10(8)7-9/h1-2,7,13H,3-6,12H2,(H,14,15). The van der Waals surface area contributed by atoms with Gasteiger partial charge in [-0.1, -0.05) is 6.07 Å². The fourth-order valence-corrected chi connectivity index (χ4v) is 1.72. The molecule has 1 amide bonds. The highest BCUT2D eigenvalue weighted by Crippen LogP contribution is 2.22.